The van der Waals surface area contributed by atoms with E-state index in [4.69, 9.17) is 4.74 Å². The van der Waals surface area contributed by atoms with E-state index in [1.54, 1.807) is 30.5 Å². The first kappa shape index (κ1) is 18.6. The first-order valence-corrected chi connectivity index (χ1v) is 9.13. The highest BCUT2D eigenvalue weighted by Crippen LogP contribution is 2.25. The molecule has 0 aliphatic rings. The predicted octanol–water partition coefficient (Wildman–Crippen LogP) is 3.26. The highest BCUT2D eigenvalue weighted by molar-refractivity contribution is 8.00. The van der Waals surface area contributed by atoms with Gasteiger partial charge in [-0.2, -0.15) is 5.10 Å². The van der Waals surface area contributed by atoms with Crippen LogP contribution in [0.4, 0.5) is 0 Å². The lowest BCUT2D eigenvalue weighted by Crippen LogP contribution is -2.19. The summed E-state index contributed by atoms with van der Waals surface area (Å²) in [4.78, 5) is 29.1. The molecule has 3 rings (SSSR count). The third-order valence-corrected chi connectivity index (χ3v) is 4.76. The summed E-state index contributed by atoms with van der Waals surface area (Å²) in [6.07, 6.45) is 3.16. The Morgan fingerprint density at radius 3 is 2.81 bits per heavy atom. The van der Waals surface area contributed by atoms with Gasteiger partial charge in [-0.15, -0.1) is 11.8 Å². The second kappa shape index (κ2) is 8.95. The van der Waals surface area contributed by atoms with Gasteiger partial charge >= 0.3 is 5.97 Å². The van der Waals surface area contributed by atoms with Gasteiger partial charge in [-0.1, -0.05) is 36.4 Å². The number of pyridine rings is 1. The van der Waals surface area contributed by atoms with Gasteiger partial charge in [0.1, 0.15) is 0 Å². The smallest absolute Gasteiger partial charge is 0.338 e. The van der Waals surface area contributed by atoms with Gasteiger partial charge < -0.3 is 4.74 Å². The van der Waals surface area contributed by atoms with Crippen LogP contribution in [-0.2, 0) is 9.53 Å². The minimum absolute atomic E-state index is 0.200. The molecule has 1 heterocycles. The van der Waals surface area contributed by atoms with Crippen LogP contribution >= 0.6 is 11.8 Å². The molecule has 0 fully saturated rings. The van der Waals surface area contributed by atoms with E-state index in [1.165, 1.54) is 25.1 Å². The zero-order chi connectivity index (χ0) is 19.1. The standard InChI is InChI=1S/C20H17N3O3S/c1-26-20(25)16-9-3-2-6-15(16)12-22-23-18(24)13-27-17-10-4-7-14-8-5-11-21-19(14)17/h2-12H,13H2,1H3,(H,23,24)/b22-12-. The Labute approximate surface area is 160 Å². The number of para-hydroxylation sites is 1. The lowest BCUT2D eigenvalue weighted by Gasteiger charge is -2.05. The van der Waals surface area contributed by atoms with Gasteiger partial charge in [0.05, 0.1) is 30.2 Å². The number of carbonyl (C=O) groups excluding carboxylic acids is 2. The molecule has 0 unspecified atom stereocenters. The van der Waals surface area contributed by atoms with Crippen molar-refractivity contribution in [1.29, 1.82) is 0 Å². The van der Waals surface area contributed by atoms with Crippen LogP contribution in [0.2, 0.25) is 0 Å². The van der Waals surface area contributed by atoms with E-state index in [0.717, 1.165) is 15.8 Å². The second-order valence-corrected chi connectivity index (χ2v) is 6.51. The van der Waals surface area contributed by atoms with Crippen LogP contribution in [0.3, 0.4) is 0 Å². The minimum atomic E-state index is -0.456. The number of nitrogens with one attached hydrogen (secondary N) is 1. The lowest BCUT2D eigenvalue weighted by atomic mass is 10.1. The number of hydrogen-bond acceptors (Lipinski definition) is 6. The maximum absolute atomic E-state index is 12.1. The maximum atomic E-state index is 12.1. The van der Waals surface area contributed by atoms with Crippen molar-refractivity contribution in [1.82, 2.24) is 10.4 Å². The topological polar surface area (TPSA) is 80.6 Å². The molecule has 1 N–H and O–H groups in total. The van der Waals surface area contributed by atoms with Crippen molar-refractivity contribution >= 4 is 40.8 Å². The van der Waals surface area contributed by atoms with Crippen molar-refractivity contribution in [3.63, 3.8) is 0 Å². The third-order valence-electron chi connectivity index (χ3n) is 3.71. The summed E-state index contributed by atoms with van der Waals surface area (Å²) >= 11 is 1.39. The molecule has 0 aliphatic carbocycles. The Kier molecular flexibility index (Phi) is 6.17. The van der Waals surface area contributed by atoms with Crippen LogP contribution in [0.25, 0.3) is 10.9 Å². The van der Waals surface area contributed by atoms with Crippen LogP contribution in [0.1, 0.15) is 15.9 Å². The van der Waals surface area contributed by atoms with E-state index in [-0.39, 0.29) is 11.7 Å². The zero-order valence-electron chi connectivity index (χ0n) is 14.6. The molecular weight excluding hydrogens is 362 g/mol. The Bertz CT molecular complexity index is 999. The summed E-state index contributed by atoms with van der Waals surface area (Å²) in [5.41, 5.74) is 4.29. The molecule has 2 aromatic carbocycles. The molecule has 0 saturated carbocycles. The average molecular weight is 379 g/mol. The highest BCUT2D eigenvalue weighted by Gasteiger charge is 2.09. The molecule has 3 aromatic rings. The summed E-state index contributed by atoms with van der Waals surface area (Å²) in [5, 5.41) is 4.96. The molecule has 27 heavy (non-hydrogen) atoms. The molecule has 0 atom stereocenters. The number of hydrogen-bond donors (Lipinski definition) is 1. The van der Waals surface area contributed by atoms with Crippen molar-refractivity contribution in [3.05, 3.63) is 71.9 Å². The molecule has 6 nitrogen and oxygen atoms in total. The third kappa shape index (κ3) is 4.71. The molecule has 1 aromatic heterocycles. The van der Waals surface area contributed by atoms with Crippen molar-refractivity contribution in [2.24, 2.45) is 5.10 Å². The van der Waals surface area contributed by atoms with Crippen molar-refractivity contribution in [2.45, 2.75) is 4.90 Å². The largest absolute Gasteiger partial charge is 0.465 e. The number of ether oxygens (including phenoxy) is 1. The predicted molar refractivity (Wildman–Crippen MR) is 106 cm³/mol. The fourth-order valence-corrected chi connectivity index (χ4v) is 3.28. The normalized spacial score (nSPS) is 10.9. The SMILES string of the molecule is COC(=O)c1ccccc1/C=N\NC(=O)CSc1cccc2cccnc12. The minimum Gasteiger partial charge on any atom is -0.465 e. The Balaban J connectivity index is 1.60. The molecule has 0 spiro atoms. The Morgan fingerprint density at radius 2 is 1.96 bits per heavy atom. The Morgan fingerprint density at radius 1 is 1.15 bits per heavy atom. The van der Waals surface area contributed by atoms with Gasteiger partial charge in [0.2, 0.25) is 5.91 Å². The van der Waals surface area contributed by atoms with Crippen LogP contribution < -0.4 is 5.43 Å². The van der Waals surface area contributed by atoms with E-state index in [1.807, 2.05) is 30.3 Å². The maximum Gasteiger partial charge on any atom is 0.338 e. The van der Waals surface area contributed by atoms with Crippen molar-refractivity contribution in [2.75, 3.05) is 12.9 Å². The molecule has 7 heteroatoms. The number of nitrogens with zero attached hydrogens (tertiary/aromatic N) is 2. The number of rotatable bonds is 6. The highest BCUT2D eigenvalue weighted by atomic mass is 32.2. The number of carbonyl (C=O) groups is 2. The van der Waals surface area contributed by atoms with Gasteiger partial charge in [0, 0.05) is 22.0 Å². The number of fused-ring (bicyclic) bond motifs is 1. The molecule has 0 saturated heterocycles. The first-order chi connectivity index (χ1) is 13.2. The first-order valence-electron chi connectivity index (χ1n) is 8.15. The van der Waals surface area contributed by atoms with Gasteiger partial charge in [-0.3, -0.25) is 9.78 Å². The average Bonchev–Trinajstić information content (AvgIpc) is 2.72. The van der Waals surface area contributed by atoms with Crippen LogP contribution in [0.15, 0.2) is 70.8 Å². The monoisotopic (exact) mass is 379 g/mol. The fourth-order valence-electron chi connectivity index (χ4n) is 2.45. The van der Waals surface area contributed by atoms with Gasteiger partial charge in [-0.05, 0) is 18.2 Å². The molecule has 0 bridgehead atoms. The fraction of sp³-hybridized carbons (Fsp3) is 0.100. The molecule has 0 radical (unpaired) electrons. The van der Waals surface area contributed by atoms with Crippen molar-refractivity contribution < 1.29 is 14.3 Å². The van der Waals surface area contributed by atoms with Gasteiger partial charge in [0.15, 0.2) is 0 Å². The summed E-state index contributed by atoms with van der Waals surface area (Å²) < 4.78 is 4.73. The molecular formula is C20H17N3O3S. The number of thioether (sulfide) groups is 1. The van der Waals surface area contributed by atoms with E-state index in [9.17, 15) is 9.59 Å². The van der Waals surface area contributed by atoms with Crippen LogP contribution in [-0.4, -0.2) is 35.9 Å². The van der Waals surface area contributed by atoms with Gasteiger partial charge in [-0.25, -0.2) is 10.2 Å². The summed E-state index contributed by atoms with van der Waals surface area (Å²) in [7, 11) is 1.32. The number of amides is 1. The molecule has 0 aliphatic heterocycles. The number of hydrazone groups is 1. The Hall–Kier alpha value is -3.19. The van der Waals surface area contributed by atoms with Gasteiger partial charge in [0.25, 0.3) is 0 Å². The van der Waals surface area contributed by atoms with E-state index in [0.29, 0.717) is 11.1 Å². The van der Waals surface area contributed by atoms with E-state index in [2.05, 4.69) is 15.5 Å². The van der Waals surface area contributed by atoms with E-state index < -0.39 is 5.97 Å². The molecule has 136 valence electrons. The summed E-state index contributed by atoms with van der Waals surface area (Å²) in [5.74, 6) is -0.506. The lowest BCUT2D eigenvalue weighted by molar-refractivity contribution is -0.118. The summed E-state index contributed by atoms with van der Waals surface area (Å²) in [6, 6.07) is 16.6. The zero-order valence-corrected chi connectivity index (χ0v) is 15.4. The number of esters is 1. The van der Waals surface area contributed by atoms with Crippen LogP contribution in [0.5, 0.6) is 0 Å². The number of benzene rings is 2. The quantitative estimate of drug-likeness (QED) is 0.308. The number of aromatic nitrogens is 1. The van der Waals surface area contributed by atoms with Crippen molar-refractivity contribution in [3.8, 4) is 0 Å². The van der Waals surface area contributed by atoms with Crippen LogP contribution in [0, 0.1) is 0 Å². The van der Waals surface area contributed by atoms with E-state index >= 15 is 0 Å². The molecule has 1 amide bonds. The number of methoxy groups -OCH3 is 1. The summed E-state index contributed by atoms with van der Waals surface area (Å²) in [6.45, 7) is 0. The second-order valence-electron chi connectivity index (χ2n) is 5.49.